The van der Waals surface area contributed by atoms with Crippen molar-refractivity contribution >= 4 is 17.6 Å². The number of hydrogen-bond donors (Lipinski definition) is 3. The van der Waals surface area contributed by atoms with Crippen LogP contribution in [0.5, 0.6) is 0 Å². The Balaban J connectivity index is 1.65. The molecule has 0 radical (unpaired) electrons. The normalized spacial score (nSPS) is 14.4. The molecule has 8 heteroatoms. The van der Waals surface area contributed by atoms with Gasteiger partial charge in [-0.15, -0.1) is 0 Å². The highest BCUT2D eigenvalue weighted by atomic mass is 32.2. The molecule has 2 aromatic heterocycles. The first-order chi connectivity index (χ1) is 9.69. The van der Waals surface area contributed by atoms with Gasteiger partial charge in [-0.05, 0) is 24.6 Å². The summed E-state index contributed by atoms with van der Waals surface area (Å²) in [5, 5.41) is 4.30. The largest absolute Gasteiger partial charge is 0.383 e. The molecule has 0 aliphatic heterocycles. The second kappa shape index (κ2) is 5.59. The molecule has 0 unspecified atom stereocenters. The minimum absolute atomic E-state index is 0.182. The molecule has 0 aromatic carbocycles. The molecule has 2 heterocycles. The first kappa shape index (κ1) is 13.1. The van der Waals surface area contributed by atoms with Crippen LogP contribution in [-0.4, -0.2) is 26.0 Å². The molecule has 0 atom stereocenters. The fourth-order valence-corrected chi connectivity index (χ4v) is 2.31. The van der Waals surface area contributed by atoms with E-state index in [1.165, 1.54) is 30.7 Å². The summed E-state index contributed by atoms with van der Waals surface area (Å²) < 4.78 is 0. The van der Waals surface area contributed by atoms with Crippen LogP contribution in [0, 0.1) is 0 Å². The van der Waals surface area contributed by atoms with E-state index in [0.29, 0.717) is 16.4 Å². The molecule has 4 N–H and O–H groups in total. The van der Waals surface area contributed by atoms with Crippen molar-refractivity contribution < 1.29 is 0 Å². The van der Waals surface area contributed by atoms with Crippen LogP contribution in [-0.2, 0) is 6.54 Å². The fraction of sp³-hybridized carbons (Fsp3) is 0.333. The lowest BCUT2D eigenvalue weighted by molar-refractivity contribution is 0.680. The van der Waals surface area contributed by atoms with E-state index in [4.69, 9.17) is 5.73 Å². The zero-order chi connectivity index (χ0) is 13.9. The molecule has 7 nitrogen and oxygen atoms in total. The van der Waals surface area contributed by atoms with E-state index in [-0.39, 0.29) is 11.4 Å². The SMILES string of the molecule is Nc1cc(=O)[nH]c(Sc2ncc(CNC3CC3)cn2)n1. The van der Waals surface area contributed by atoms with Gasteiger partial charge in [-0.3, -0.25) is 4.79 Å². The highest BCUT2D eigenvalue weighted by molar-refractivity contribution is 7.99. The maximum absolute atomic E-state index is 11.3. The molecule has 0 amide bonds. The van der Waals surface area contributed by atoms with Crippen LogP contribution in [0.4, 0.5) is 5.82 Å². The van der Waals surface area contributed by atoms with Crippen LogP contribution >= 0.6 is 11.8 Å². The summed E-state index contributed by atoms with van der Waals surface area (Å²) >= 11 is 1.17. The predicted octanol–water partition coefficient (Wildman–Crippen LogP) is 0.545. The first-order valence-electron chi connectivity index (χ1n) is 6.28. The number of H-pyrrole nitrogens is 1. The van der Waals surface area contributed by atoms with E-state index < -0.39 is 0 Å². The maximum atomic E-state index is 11.3. The third-order valence-electron chi connectivity index (χ3n) is 2.78. The Morgan fingerprint density at radius 3 is 2.80 bits per heavy atom. The van der Waals surface area contributed by atoms with Crippen LogP contribution < -0.4 is 16.6 Å². The average molecular weight is 290 g/mol. The van der Waals surface area contributed by atoms with E-state index in [1.807, 2.05) is 0 Å². The lowest BCUT2D eigenvalue weighted by Crippen LogP contribution is -2.15. The van der Waals surface area contributed by atoms with E-state index in [1.54, 1.807) is 12.4 Å². The highest BCUT2D eigenvalue weighted by Crippen LogP contribution is 2.21. The number of aromatic amines is 1. The van der Waals surface area contributed by atoms with Crippen molar-refractivity contribution in [2.75, 3.05) is 5.73 Å². The summed E-state index contributed by atoms with van der Waals surface area (Å²) in [6.07, 6.45) is 6.05. The van der Waals surface area contributed by atoms with Crippen molar-refractivity contribution in [3.8, 4) is 0 Å². The number of aromatic nitrogens is 4. The quantitative estimate of drug-likeness (QED) is 0.690. The lowest BCUT2D eigenvalue weighted by atomic mass is 10.3. The van der Waals surface area contributed by atoms with Gasteiger partial charge in [0.05, 0.1) is 0 Å². The Kier molecular flexibility index (Phi) is 3.66. The van der Waals surface area contributed by atoms with E-state index in [2.05, 4.69) is 25.3 Å². The van der Waals surface area contributed by atoms with E-state index >= 15 is 0 Å². The number of anilines is 1. The maximum Gasteiger partial charge on any atom is 0.253 e. The summed E-state index contributed by atoms with van der Waals surface area (Å²) in [5.74, 6) is 0.182. The Morgan fingerprint density at radius 2 is 2.15 bits per heavy atom. The van der Waals surface area contributed by atoms with Gasteiger partial charge < -0.3 is 16.0 Å². The summed E-state index contributed by atoms with van der Waals surface area (Å²) in [7, 11) is 0. The summed E-state index contributed by atoms with van der Waals surface area (Å²) in [5.41, 5.74) is 6.27. The zero-order valence-corrected chi connectivity index (χ0v) is 11.5. The third kappa shape index (κ3) is 3.55. The smallest absolute Gasteiger partial charge is 0.253 e. The molecule has 0 bridgehead atoms. The van der Waals surface area contributed by atoms with Crippen LogP contribution in [0.1, 0.15) is 18.4 Å². The number of hydrogen-bond acceptors (Lipinski definition) is 7. The lowest BCUT2D eigenvalue weighted by Gasteiger charge is -2.03. The molecule has 1 fully saturated rings. The number of nitrogens with zero attached hydrogens (tertiary/aromatic N) is 3. The van der Waals surface area contributed by atoms with Crippen LogP contribution in [0.2, 0.25) is 0 Å². The van der Waals surface area contributed by atoms with Gasteiger partial charge in [-0.1, -0.05) is 0 Å². The average Bonchev–Trinajstić information content (AvgIpc) is 3.21. The summed E-state index contributed by atoms with van der Waals surface area (Å²) in [4.78, 5) is 26.3. The monoisotopic (exact) mass is 290 g/mol. The van der Waals surface area contributed by atoms with Gasteiger partial charge >= 0.3 is 0 Å². The number of rotatable bonds is 5. The number of nitrogens with one attached hydrogen (secondary N) is 2. The Labute approximate surface area is 119 Å². The van der Waals surface area contributed by atoms with Crippen molar-refractivity contribution in [1.29, 1.82) is 0 Å². The molecule has 0 spiro atoms. The van der Waals surface area contributed by atoms with Crippen molar-refractivity contribution in [3.05, 3.63) is 34.4 Å². The predicted molar refractivity (Wildman–Crippen MR) is 75.3 cm³/mol. The van der Waals surface area contributed by atoms with E-state index in [0.717, 1.165) is 12.1 Å². The number of nitrogens with two attached hydrogens (primary N) is 1. The molecular weight excluding hydrogens is 276 g/mol. The van der Waals surface area contributed by atoms with Gasteiger partial charge in [0, 0.05) is 36.6 Å². The molecule has 1 aliphatic carbocycles. The van der Waals surface area contributed by atoms with Gasteiger partial charge in [0.15, 0.2) is 10.3 Å². The van der Waals surface area contributed by atoms with Crippen LogP contribution in [0.15, 0.2) is 33.6 Å². The molecule has 2 aromatic rings. The van der Waals surface area contributed by atoms with E-state index in [9.17, 15) is 4.79 Å². The molecule has 104 valence electrons. The topological polar surface area (TPSA) is 110 Å². The molecule has 1 aliphatic rings. The van der Waals surface area contributed by atoms with Gasteiger partial charge in [-0.2, -0.15) is 0 Å². The highest BCUT2D eigenvalue weighted by Gasteiger charge is 2.19. The molecule has 0 saturated heterocycles. The summed E-state index contributed by atoms with van der Waals surface area (Å²) in [6, 6.07) is 1.89. The molecule has 20 heavy (non-hydrogen) atoms. The second-order valence-electron chi connectivity index (χ2n) is 4.61. The minimum Gasteiger partial charge on any atom is -0.383 e. The van der Waals surface area contributed by atoms with Crippen molar-refractivity contribution in [2.45, 2.75) is 35.7 Å². The Hall–Kier alpha value is -1.93. The first-order valence-corrected chi connectivity index (χ1v) is 7.10. The van der Waals surface area contributed by atoms with Crippen LogP contribution in [0.3, 0.4) is 0 Å². The Morgan fingerprint density at radius 1 is 1.40 bits per heavy atom. The van der Waals surface area contributed by atoms with Crippen molar-refractivity contribution in [3.63, 3.8) is 0 Å². The van der Waals surface area contributed by atoms with Gasteiger partial charge in [0.1, 0.15) is 5.82 Å². The molecule has 1 saturated carbocycles. The van der Waals surface area contributed by atoms with Gasteiger partial charge in [0.2, 0.25) is 0 Å². The summed E-state index contributed by atoms with van der Waals surface area (Å²) in [6.45, 7) is 0.781. The van der Waals surface area contributed by atoms with Crippen LogP contribution in [0.25, 0.3) is 0 Å². The van der Waals surface area contributed by atoms with Crippen molar-refractivity contribution in [2.24, 2.45) is 0 Å². The Bertz CT molecular complexity index is 652. The third-order valence-corrected chi connectivity index (χ3v) is 3.56. The number of nitrogen functional groups attached to an aromatic ring is 1. The molecule has 3 rings (SSSR count). The standard InChI is InChI=1S/C12H14N6OS/c13-9-3-10(19)18-12(17-9)20-11-15-5-7(6-16-11)4-14-8-1-2-8/h3,5-6,8,14H,1-2,4H2,(H3,13,17,18,19). The zero-order valence-electron chi connectivity index (χ0n) is 10.7. The van der Waals surface area contributed by atoms with Gasteiger partial charge in [-0.25, -0.2) is 15.0 Å². The van der Waals surface area contributed by atoms with Gasteiger partial charge in [0.25, 0.3) is 5.56 Å². The second-order valence-corrected chi connectivity index (χ2v) is 5.56. The molecular formula is C12H14N6OS. The fourth-order valence-electron chi connectivity index (χ4n) is 1.62. The van der Waals surface area contributed by atoms with Crippen molar-refractivity contribution in [1.82, 2.24) is 25.3 Å². The minimum atomic E-state index is -0.287.